The van der Waals surface area contributed by atoms with E-state index in [1.807, 2.05) is 24.3 Å². The normalized spacial score (nSPS) is 10.6. The second-order valence-corrected chi connectivity index (χ2v) is 7.18. The molecule has 5 nitrogen and oxygen atoms in total. The van der Waals surface area contributed by atoms with Crippen molar-refractivity contribution in [1.29, 1.82) is 0 Å². The maximum atomic E-state index is 5.65. The number of halogens is 1. The summed E-state index contributed by atoms with van der Waals surface area (Å²) in [6.07, 6.45) is 0. The number of methoxy groups -OCH3 is 1. The third kappa shape index (κ3) is 6.21. The summed E-state index contributed by atoms with van der Waals surface area (Å²) in [6, 6.07) is 7.81. The number of hydrogen-bond acceptors (Lipinski definition) is 7. The average Bonchev–Trinajstić information content (AvgIpc) is 2.94. The zero-order chi connectivity index (χ0) is 14.9. The van der Waals surface area contributed by atoms with Gasteiger partial charge in [-0.1, -0.05) is 39.0 Å². The summed E-state index contributed by atoms with van der Waals surface area (Å²) in [5.74, 6) is 1.71. The Hall–Kier alpha value is -0.830. The number of ether oxygens (including phenoxy) is 2. The molecule has 0 aliphatic rings. The van der Waals surface area contributed by atoms with Crippen molar-refractivity contribution in [3.8, 4) is 5.75 Å². The highest BCUT2D eigenvalue weighted by molar-refractivity contribution is 9.10. The predicted molar refractivity (Wildman–Crippen MR) is 90.6 cm³/mol. The molecule has 1 N–H and O–H groups in total. The Labute approximate surface area is 140 Å². The van der Waals surface area contributed by atoms with E-state index in [1.165, 1.54) is 0 Å². The van der Waals surface area contributed by atoms with E-state index in [-0.39, 0.29) is 0 Å². The molecule has 0 atom stereocenters. The molecule has 0 saturated heterocycles. The predicted octanol–water partition coefficient (Wildman–Crippen LogP) is 3.53. The molecular formula is C13H16BrN3O2S2. The second kappa shape index (κ2) is 9.24. The Morgan fingerprint density at radius 1 is 1.24 bits per heavy atom. The third-order valence-corrected chi connectivity index (χ3v) is 4.89. The first-order valence-electron chi connectivity index (χ1n) is 6.35. The summed E-state index contributed by atoms with van der Waals surface area (Å²) in [4.78, 5) is 0. The molecule has 0 spiro atoms. The summed E-state index contributed by atoms with van der Waals surface area (Å²) in [7, 11) is 1.68. The lowest BCUT2D eigenvalue weighted by atomic mass is 10.3. The van der Waals surface area contributed by atoms with Gasteiger partial charge in [0.25, 0.3) is 0 Å². The molecule has 0 aliphatic heterocycles. The van der Waals surface area contributed by atoms with Crippen molar-refractivity contribution in [3.63, 3.8) is 0 Å². The molecule has 0 unspecified atom stereocenters. The minimum Gasteiger partial charge on any atom is -0.493 e. The number of nitrogens with one attached hydrogen (secondary N) is 1. The summed E-state index contributed by atoms with van der Waals surface area (Å²) in [5, 5.41) is 12.2. The lowest BCUT2D eigenvalue weighted by Crippen LogP contribution is -2.06. The van der Waals surface area contributed by atoms with Gasteiger partial charge in [0.15, 0.2) is 4.34 Å². The fraction of sp³-hybridized carbons (Fsp3) is 0.385. The fourth-order valence-electron chi connectivity index (χ4n) is 1.42. The van der Waals surface area contributed by atoms with Gasteiger partial charge in [-0.25, -0.2) is 0 Å². The molecule has 0 radical (unpaired) electrons. The van der Waals surface area contributed by atoms with E-state index in [1.54, 1.807) is 30.2 Å². The van der Waals surface area contributed by atoms with Crippen molar-refractivity contribution in [1.82, 2.24) is 10.2 Å². The number of aromatic nitrogens is 2. The molecule has 2 rings (SSSR count). The van der Waals surface area contributed by atoms with Crippen LogP contribution in [-0.4, -0.2) is 42.8 Å². The van der Waals surface area contributed by atoms with Crippen molar-refractivity contribution in [2.75, 3.05) is 37.9 Å². The van der Waals surface area contributed by atoms with Crippen LogP contribution in [0.4, 0.5) is 5.13 Å². The number of thioether (sulfide) groups is 1. The molecule has 0 amide bonds. The van der Waals surface area contributed by atoms with Gasteiger partial charge in [-0.2, -0.15) is 0 Å². The Morgan fingerprint density at radius 2 is 2.05 bits per heavy atom. The average molecular weight is 390 g/mol. The molecule has 0 bridgehead atoms. The Balaban J connectivity index is 1.65. The first-order chi connectivity index (χ1) is 10.3. The van der Waals surface area contributed by atoms with E-state index in [0.29, 0.717) is 13.2 Å². The van der Waals surface area contributed by atoms with Gasteiger partial charge in [0.2, 0.25) is 5.13 Å². The van der Waals surface area contributed by atoms with Crippen LogP contribution in [0.15, 0.2) is 33.1 Å². The monoisotopic (exact) mass is 389 g/mol. The SMILES string of the molecule is COCCNc1nnc(SCCOc2ccc(Br)cc2)s1. The van der Waals surface area contributed by atoms with Crippen LogP contribution >= 0.6 is 39.0 Å². The van der Waals surface area contributed by atoms with Crippen LogP contribution in [0.1, 0.15) is 0 Å². The molecule has 1 aromatic heterocycles. The molecule has 0 saturated carbocycles. The van der Waals surface area contributed by atoms with E-state index < -0.39 is 0 Å². The molecule has 2 aromatic rings. The maximum absolute atomic E-state index is 5.65. The molecule has 0 fully saturated rings. The number of anilines is 1. The first kappa shape index (κ1) is 16.5. The van der Waals surface area contributed by atoms with Crippen molar-refractivity contribution in [3.05, 3.63) is 28.7 Å². The van der Waals surface area contributed by atoms with Crippen LogP contribution in [0, 0.1) is 0 Å². The topological polar surface area (TPSA) is 56.3 Å². The first-order valence-corrected chi connectivity index (χ1v) is 8.95. The van der Waals surface area contributed by atoms with Crippen LogP contribution in [0.25, 0.3) is 0 Å². The quantitative estimate of drug-likeness (QED) is 0.522. The minimum absolute atomic E-state index is 0.637. The molecule has 21 heavy (non-hydrogen) atoms. The third-order valence-electron chi connectivity index (χ3n) is 2.38. The van der Waals surface area contributed by atoms with Crippen molar-refractivity contribution in [2.45, 2.75) is 4.34 Å². The van der Waals surface area contributed by atoms with E-state index >= 15 is 0 Å². The van der Waals surface area contributed by atoms with Crippen LogP contribution in [-0.2, 0) is 4.74 Å². The van der Waals surface area contributed by atoms with Crippen LogP contribution in [0.5, 0.6) is 5.75 Å². The Bertz CT molecular complexity index is 536. The highest BCUT2D eigenvalue weighted by Crippen LogP contribution is 2.25. The highest BCUT2D eigenvalue weighted by atomic mass is 79.9. The van der Waals surface area contributed by atoms with Crippen LogP contribution < -0.4 is 10.1 Å². The number of benzene rings is 1. The summed E-state index contributed by atoms with van der Waals surface area (Å²) in [5.41, 5.74) is 0. The van der Waals surface area contributed by atoms with E-state index in [9.17, 15) is 0 Å². The largest absolute Gasteiger partial charge is 0.493 e. The molecule has 114 valence electrons. The van der Waals surface area contributed by atoms with Gasteiger partial charge in [0, 0.05) is 23.9 Å². The number of hydrogen-bond donors (Lipinski definition) is 1. The Morgan fingerprint density at radius 3 is 2.81 bits per heavy atom. The van der Waals surface area contributed by atoms with Gasteiger partial charge in [0.05, 0.1) is 13.2 Å². The molecule has 1 heterocycles. The smallest absolute Gasteiger partial charge is 0.206 e. The van der Waals surface area contributed by atoms with Gasteiger partial charge in [-0.05, 0) is 24.3 Å². The summed E-state index contributed by atoms with van der Waals surface area (Å²) >= 11 is 6.58. The van der Waals surface area contributed by atoms with Crippen LogP contribution in [0.3, 0.4) is 0 Å². The number of rotatable bonds is 9. The Kier molecular flexibility index (Phi) is 7.28. The van der Waals surface area contributed by atoms with E-state index in [2.05, 4.69) is 31.4 Å². The summed E-state index contributed by atoms with van der Waals surface area (Å²) in [6.45, 7) is 2.03. The van der Waals surface area contributed by atoms with Gasteiger partial charge in [0.1, 0.15) is 5.75 Å². The molecule has 0 aliphatic carbocycles. The molecule has 8 heteroatoms. The molecule has 1 aromatic carbocycles. The fourth-order valence-corrected chi connectivity index (χ4v) is 3.35. The highest BCUT2D eigenvalue weighted by Gasteiger charge is 2.04. The maximum Gasteiger partial charge on any atom is 0.206 e. The summed E-state index contributed by atoms with van der Waals surface area (Å²) < 4.78 is 12.6. The number of nitrogens with zero attached hydrogens (tertiary/aromatic N) is 2. The lowest BCUT2D eigenvalue weighted by molar-refractivity contribution is 0.211. The zero-order valence-corrected chi connectivity index (χ0v) is 14.8. The van der Waals surface area contributed by atoms with Gasteiger partial charge >= 0.3 is 0 Å². The lowest BCUT2D eigenvalue weighted by Gasteiger charge is -2.04. The second-order valence-electron chi connectivity index (χ2n) is 3.94. The van der Waals surface area contributed by atoms with Crippen molar-refractivity contribution in [2.24, 2.45) is 0 Å². The zero-order valence-electron chi connectivity index (χ0n) is 11.5. The standard InChI is InChI=1S/C13H16BrN3O2S2/c1-18-7-6-15-12-16-17-13(21-12)20-9-8-19-11-4-2-10(14)3-5-11/h2-5H,6-9H2,1H3,(H,15,16). The molecular weight excluding hydrogens is 374 g/mol. The van der Waals surface area contributed by atoms with E-state index in [0.717, 1.165) is 32.0 Å². The van der Waals surface area contributed by atoms with Crippen molar-refractivity contribution < 1.29 is 9.47 Å². The van der Waals surface area contributed by atoms with E-state index in [4.69, 9.17) is 9.47 Å². The van der Waals surface area contributed by atoms with Crippen LogP contribution in [0.2, 0.25) is 0 Å². The van der Waals surface area contributed by atoms with Gasteiger partial charge < -0.3 is 14.8 Å². The van der Waals surface area contributed by atoms with Gasteiger partial charge in [-0.15, -0.1) is 10.2 Å². The minimum atomic E-state index is 0.637. The van der Waals surface area contributed by atoms with Gasteiger partial charge in [-0.3, -0.25) is 0 Å². The van der Waals surface area contributed by atoms with Crippen molar-refractivity contribution >= 4 is 44.2 Å².